The molecule has 0 aromatic heterocycles. The first-order valence-electron chi connectivity index (χ1n) is 3.66. The van der Waals surface area contributed by atoms with E-state index in [4.69, 9.17) is 5.26 Å². The Morgan fingerprint density at radius 1 is 1.64 bits per heavy atom. The van der Waals surface area contributed by atoms with Gasteiger partial charge in [-0.05, 0) is 6.42 Å². The van der Waals surface area contributed by atoms with E-state index in [1.807, 2.05) is 0 Å². The lowest BCUT2D eigenvalue weighted by Crippen LogP contribution is -2.47. The molecule has 0 aromatic carbocycles. The van der Waals surface area contributed by atoms with Crippen LogP contribution in [0.2, 0.25) is 0 Å². The molecule has 1 fully saturated rings. The zero-order valence-electron chi connectivity index (χ0n) is 6.13. The summed E-state index contributed by atoms with van der Waals surface area (Å²) in [6.07, 6.45) is -1.52. The molecule has 1 aliphatic heterocycles. The lowest BCUT2D eigenvalue weighted by Gasteiger charge is -2.36. The smallest absolute Gasteiger partial charge is 0.239 e. The third-order valence-corrected chi connectivity index (χ3v) is 1.91. The largest absolute Gasteiger partial charge is 0.288 e. The van der Waals surface area contributed by atoms with Crippen LogP contribution in [0.15, 0.2) is 0 Å². The van der Waals surface area contributed by atoms with Crippen LogP contribution >= 0.6 is 0 Å². The van der Waals surface area contributed by atoms with Crippen LogP contribution in [-0.2, 0) is 0 Å². The first-order chi connectivity index (χ1) is 5.24. The standard InChI is InChI=1S/C7H10F2N2/c8-7(9)2-4-11-3-1-6(11)5-10/h6-7H,1-4H2. The van der Waals surface area contributed by atoms with E-state index in [9.17, 15) is 8.78 Å². The summed E-state index contributed by atoms with van der Waals surface area (Å²) < 4.78 is 23.4. The van der Waals surface area contributed by atoms with E-state index in [1.165, 1.54) is 0 Å². The van der Waals surface area contributed by atoms with Crippen molar-refractivity contribution in [1.29, 1.82) is 5.26 Å². The Balaban J connectivity index is 2.14. The number of nitrogens with zero attached hydrogens (tertiary/aromatic N) is 2. The molecular formula is C7H10F2N2. The summed E-state index contributed by atoms with van der Waals surface area (Å²) in [5.41, 5.74) is 0. The van der Waals surface area contributed by atoms with Crippen molar-refractivity contribution in [2.24, 2.45) is 0 Å². The van der Waals surface area contributed by atoms with Crippen molar-refractivity contribution < 1.29 is 8.78 Å². The van der Waals surface area contributed by atoms with Crippen molar-refractivity contribution in [3.8, 4) is 6.07 Å². The number of halogens is 2. The highest BCUT2D eigenvalue weighted by Crippen LogP contribution is 2.17. The molecule has 0 saturated carbocycles. The van der Waals surface area contributed by atoms with E-state index in [2.05, 4.69) is 6.07 Å². The SMILES string of the molecule is N#CC1CCN1CCC(F)F. The average molecular weight is 160 g/mol. The van der Waals surface area contributed by atoms with Gasteiger partial charge in [0.1, 0.15) is 0 Å². The first-order valence-corrected chi connectivity index (χ1v) is 3.66. The maximum Gasteiger partial charge on any atom is 0.239 e. The molecule has 0 radical (unpaired) electrons. The molecule has 1 rings (SSSR count). The van der Waals surface area contributed by atoms with Gasteiger partial charge in [-0.3, -0.25) is 4.90 Å². The molecule has 1 saturated heterocycles. The summed E-state index contributed by atoms with van der Waals surface area (Å²) in [4.78, 5) is 1.78. The minimum Gasteiger partial charge on any atom is -0.288 e. The fourth-order valence-electron chi connectivity index (χ4n) is 1.12. The minimum atomic E-state index is -2.24. The van der Waals surface area contributed by atoms with Gasteiger partial charge in [-0.25, -0.2) is 8.78 Å². The molecule has 2 nitrogen and oxygen atoms in total. The fraction of sp³-hybridized carbons (Fsp3) is 0.857. The minimum absolute atomic E-state index is 0.103. The Bertz CT molecular complexity index is 164. The van der Waals surface area contributed by atoms with E-state index in [0.29, 0.717) is 6.54 Å². The predicted molar refractivity (Wildman–Crippen MR) is 36.2 cm³/mol. The lowest BCUT2D eigenvalue weighted by molar-refractivity contribution is 0.0767. The molecule has 0 N–H and O–H groups in total. The van der Waals surface area contributed by atoms with Crippen molar-refractivity contribution in [2.75, 3.05) is 13.1 Å². The van der Waals surface area contributed by atoms with Crippen molar-refractivity contribution in [2.45, 2.75) is 25.3 Å². The number of nitriles is 1. The molecule has 1 heterocycles. The van der Waals surface area contributed by atoms with Gasteiger partial charge in [-0.1, -0.05) is 0 Å². The molecule has 11 heavy (non-hydrogen) atoms. The molecule has 4 heteroatoms. The molecule has 62 valence electrons. The Hall–Kier alpha value is -0.690. The van der Waals surface area contributed by atoms with Gasteiger partial charge < -0.3 is 0 Å². The van der Waals surface area contributed by atoms with Crippen molar-refractivity contribution >= 4 is 0 Å². The van der Waals surface area contributed by atoms with E-state index in [0.717, 1.165) is 13.0 Å². The summed E-state index contributed by atoms with van der Waals surface area (Å²) in [6.45, 7) is 1.15. The van der Waals surface area contributed by atoms with Crippen molar-refractivity contribution in [3.05, 3.63) is 0 Å². The molecule has 1 aliphatic rings. The fourth-order valence-corrected chi connectivity index (χ4v) is 1.12. The monoisotopic (exact) mass is 160 g/mol. The Labute approximate surface area is 64.4 Å². The topological polar surface area (TPSA) is 27.0 Å². The van der Waals surface area contributed by atoms with Crippen LogP contribution in [0, 0.1) is 11.3 Å². The van der Waals surface area contributed by atoms with Gasteiger partial charge in [-0.2, -0.15) is 5.26 Å². The highest BCUT2D eigenvalue weighted by molar-refractivity contribution is 4.98. The van der Waals surface area contributed by atoms with Crippen LogP contribution in [0.5, 0.6) is 0 Å². The number of alkyl halides is 2. The second kappa shape index (κ2) is 3.63. The number of hydrogen-bond acceptors (Lipinski definition) is 2. The predicted octanol–water partition coefficient (Wildman–Crippen LogP) is 1.24. The molecule has 1 unspecified atom stereocenters. The van der Waals surface area contributed by atoms with Crippen molar-refractivity contribution in [1.82, 2.24) is 4.90 Å². The van der Waals surface area contributed by atoms with Gasteiger partial charge in [0.05, 0.1) is 12.1 Å². The molecule has 1 atom stereocenters. The quantitative estimate of drug-likeness (QED) is 0.621. The van der Waals surface area contributed by atoms with Gasteiger partial charge in [0, 0.05) is 19.5 Å². The Kier molecular flexibility index (Phi) is 2.77. The summed E-state index contributed by atoms with van der Waals surface area (Å²) in [5.74, 6) is 0. The molecule has 0 spiro atoms. The maximum absolute atomic E-state index is 11.7. The maximum atomic E-state index is 11.7. The van der Waals surface area contributed by atoms with Crippen LogP contribution < -0.4 is 0 Å². The lowest BCUT2D eigenvalue weighted by atomic mass is 10.1. The zero-order chi connectivity index (χ0) is 8.27. The number of rotatable bonds is 3. The van der Waals surface area contributed by atoms with Gasteiger partial charge in [0.25, 0.3) is 0 Å². The van der Waals surface area contributed by atoms with E-state index in [1.54, 1.807) is 4.90 Å². The zero-order valence-corrected chi connectivity index (χ0v) is 6.13. The Morgan fingerprint density at radius 2 is 2.36 bits per heavy atom. The van der Waals surface area contributed by atoms with Crippen LogP contribution in [0.25, 0.3) is 0 Å². The Morgan fingerprint density at radius 3 is 2.73 bits per heavy atom. The van der Waals surface area contributed by atoms with Crippen LogP contribution in [0.1, 0.15) is 12.8 Å². The number of likely N-dealkylation sites (tertiary alicyclic amines) is 1. The number of hydrogen-bond donors (Lipinski definition) is 0. The van der Waals surface area contributed by atoms with Gasteiger partial charge in [0.15, 0.2) is 0 Å². The van der Waals surface area contributed by atoms with Crippen LogP contribution in [0.4, 0.5) is 8.78 Å². The average Bonchev–Trinajstić information content (AvgIpc) is 1.86. The van der Waals surface area contributed by atoms with E-state index < -0.39 is 6.43 Å². The van der Waals surface area contributed by atoms with Gasteiger partial charge in [-0.15, -0.1) is 0 Å². The highest BCUT2D eigenvalue weighted by atomic mass is 19.3. The second-order valence-corrected chi connectivity index (χ2v) is 2.65. The molecule has 0 amide bonds. The summed E-state index contributed by atoms with van der Waals surface area (Å²) in [7, 11) is 0. The second-order valence-electron chi connectivity index (χ2n) is 2.65. The first kappa shape index (κ1) is 8.41. The van der Waals surface area contributed by atoms with E-state index >= 15 is 0 Å². The normalized spacial score (nSPS) is 24.7. The third kappa shape index (κ3) is 2.12. The van der Waals surface area contributed by atoms with Gasteiger partial charge in [0.2, 0.25) is 6.43 Å². The summed E-state index contributed by atoms with van der Waals surface area (Å²) >= 11 is 0. The summed E-state index contributed by atoms with van der Waals surface area (Å²) in [6, 6.07) is 1.95. The van der Waals surface area contributed by atoms with Crippen LogP contribution in [-0.4, -0.2) is 30.5 Å². The molecule has 0 bridgehead atoms. The summed E-state index contributed by atoms with van der Waals surface area (Å²) in [5, 5.41) is 8.44. The molecule has 0 aliphatic carbocycles. The molecular weight excluding hydrogens is 150 g/mol. The highest BCUT2D eigenvalue weighted by Gasteiger charge is 2.27. The van der Waals surface area contributed by atoms with Crippen LogP contribution in [0.3, 0.4) is 0 Å². The van der Waals surface area contributed by atoms with Gasteiger partial charge >= 0.3 is 0 Å². The van der Waals surface area contributed by atoms with E-state index in [-0.39, 0.29) is 12.5 Å². The molecule has 0 aromatic rings. The van der Waals surface area contributed by atoms with Crippen molar-refractivity contribution in [3.63, 3.8) is 0 Å². The third-order valence-electron chi connectivity index (χ3n) is 1.91.